The first-order chi connectivity index (χ1) is 12.0. The molecule has 142 valence electrons. The Morgan fingerprint density at radius 1 is 1.16 bits per heavy atom. The Hall–Kier alpha value is -1.80. The lowest BCUT2D eigenvalue weighted by Gasteiger charge is -2.12. The van der Waals surface area contributed by atoms with Crippen molar-refractivity contribution in [1.29, 1.82) is 0 Å². The van der Waals surface area contributed by atoms with E-state index in [0.29, 0.717) is 19.5 Å². The summed E-state index contributed by atoms with van der Waals surface area (Å²) in [6, 6.07) is 7.94. The molecule has 3 N–H and O–H groups in total. The first kappa shape index (κ1) is 21.2. The maximum atomic E-state index is 11.3. The van der Waals surface area contributed by atoms with Crippen molar-refractivity contribution in [2.45, 2.75) is 26.7 Å². The number of para-hydroxylation sites is 1. The van der Waals surface area contributed by atoms with E-state index in [2.05, 4.69) is 20.3 Å². The number of aliphatic imine (C=N–C) groups is 1. The van der Waals surface area contributed by atoms with Crippen LogP contribution in [0.5, 0.6) is 5.75 Å². The molecule has 7 nitrogen and oxygen atoms in total. The number of rotatable bonds is 11. The molecule has 25 heavy (non-hydrogen) atoms. The molecule has 0 fully saturated rings. The van der Waals surface area contributed by atoms with Crippen molar-refractivity contribution in [3.63, 3.8) is 0 Å². The molecule has 0 radical (unpaired) electrons. The smallest absolute Gasteiger partial charge is 0.211 e. The van der Waals surface area contributed by atoms with E-state index in [4.69, 9.17) is 4.74 Å². The van der Waals surface area contributed by atoms with Gasteiger partial charge in [0.15, 0.2) is 5.96 Å². The fourth-order valence-electron chi connectivity index (χ4n) is 2.17. The van der Waals surface area contributed by atoms with Crippen LogP contribution in [0.25, 0.3) is 0 Å². The zero-order valence-corrected chi connectivity index (χ0v) is 16.2. The first-order valence-electron chi connectivity index (χ1n) is 8.63. The minimum Gasteiger partial charge on any atom is -0.496 e. The maximum absolute atomic E-state index is 11.3. The van der Waals surface area contributed by atoms with E-state index in [1.165, 1.54) is 0 Å². The van der Waals surface area contributed by atoms with Crippen molar-refractivity contribution in [1.82, 2.24) is 15.4 Å². The monoisotopic (exact) mass is 370 g/mol. The molecule has 0 spiro atoms. The zero-order chi connectivity index (χ0) is 18.5. The summed E-state index contributed by atoms with van der Waals surface area (Å²) >= 11 is 0. The Morgan fingerprint density at radius 2 is 1.92 bits per heavy atom. The van der Waals surface area contributed by atoms with Gasteiger partial charge in [0.25, 0.3) is 0 Å². The van der Waals surface area contributed by atoms with E-state index in [-0.39, 0.29) is 5.75 Å². The summed E-state index contributed by atoms with van der Waals surface area (Å²) in [5, 5.41) is 6.47. The van der Waals surface area contributed by atoms with Crippen LogP contribution in [0.1, 0.15) is 25.8 Å². The normalized spacial score (nSPS) is 12.0. The van der Waals surface area contributed by atoms with Crippen molar-refractivity contribution in [2.75, 3.05) is 39.0 Å². The zero-order valence-electron chi connectivity index (χ0n) is 15.3. The van der Waals surface area contributed by atoms with Gasteiger partial charge in [-0.2, -0.15) is 0 Å². The Morgan fingerprint density at radius 3 is 2.60 bits per heavy atom. The Bertz CT molecular complexity index is 633. The number of nitrogens with one attached hydrogen (secondary N) is 3. The highest BCUT2D eigenvalue weighted by Crippen LogP contribution is 2.17. The van der Waals surface area contributed by atoms with Crippen LogP contribution in [-0.4, -0.2) is 53.4 Å². The maximum Gasteiger partial charge on any atom is 0.211 e. The SMILES string of the molecule is CCNC(=NCCCNS(=O)(=O)CC)NCCc1ccccc1OC. The van der Waals surface area contributed by atoms with Crippen molar-refractivity contribution >= 4 is 16.0 Å². The van der Waals surface area contributed by atoms with Gasteiger partial charge < -0.3 is 15.4 Å². The average molecular weight is 371 g/mol. The van der Waals surface area contributed by atoms with Crippen LogP contribution in [0.4, 0.5) is 0 Å². The van der Waals surface area contributed by atoms with Crippen molar-refractivity contribution in [2.24, 2.45) is 4.99 Å². The third-order valence-electron chi connectivity index (χ3n) is 3.53. The Balaban J connectivity index is 2.40. The third kappa shape index (κ3) is 8.74. The molecule has 0 unspecified atom stereocenters. The summed E-state index contributed by atoms with van der Waals surface area (Å²) in [5.74, 6) is 1.72. The highest BCUT2D eigenvalue weighted by atomic mass is 32.2. The molecule has 0 bridgehead atoms. The molecule has 1 rings (SSSR count). The molecule has 1 aromatic rings. The molecule has 0 amide bonds. The molecule has 0 aliphatic carbocycles. The van der Waals surface area contributed by atoms with E-state index in [0.717, 1.165) is 36.8 Å². The van der Waals surface area contributed by atoms with Crippen LogP contribution < -0.4 is 20.1 Å². The van der Waals surface area contributed by atoms with Gasteiger partial charge >= 0.3 is 0 Å². The van der Waals surface area contributed by atoms with Crippen LogP contribution >= 0.6 is 0 Å². The van der Waals surface area contributed by atoms with E-state index < -0.39 is 10.0 Å². The van der Waals surface area contributed by atoms with Crippen LogP contribution in [0.2, 0.25) is 0 Å². The average Bonchev–Trinajstić information content (AvgIpc) is 2.61. The summed E-state index contributed by atoms with van der Waals surface area (Å²) in [4.78, 5) is 4.46. The largest absolute Gasteiger partial charge is 0.496 e. The molecule has 0 aliphatic rings. The topological polar surface area (TPSA) is 91.8 Å². The van der Waals surface area contributed by atoms with Gasteiger partial charge in [-0.05, 0) is 38.3 Å². The van der Waals surface area contributed by atoms with Gasteiger partial charge in [0.1, 0.15) is 5.75 Å². The predicted molar refractivity (Wildman–Crippen MR) is 103 cm³/mol. The standard InChI is InChI=1S/C17H30N4O3S/c1-4-18-17(19-12-8-13-21-25(22,23)5-2)20-14-11-15-9-6-7-10-16(15)24-3/h6-7,9-10,21H,4-5,8,11-14H2,1-3H3,(H2,18,19,20). The Labute approximate surface area is 151 Å². The molecule has 0 atom stereocenters. The van der Waals surface area contributed by atoms with Crippen LogP contribution in [0.15, 0.2) is 29.3 Å². The number of guanidine groups is 1. The van der Waals surface area contributed by atoms with Gasteiger partial charge in [-0.25, -0.2) is 13.1 Å². The lowest BCUT2D eigenvalue weighted by Crippen LogP contribution is -2.38. The number of methoxy groups -OCH3 is 1. The van der Waals surface area contributed by atoms with Gasteiger partial charge in [-0.15, -0.1) is 0 Å². The molecular weight excluding hydrogens is 340 g/mol. The van der Waals surface area contributed by atoms with Gasteiger partial charge in [-0.1, -0.05) is 18.2 Å². The van der Waals surface area contributed by atoms with E-state index in [1.807, 2.05) is 31.2 Å². The number of benzene rings is 1. The summed E-state index contributed by atoms with van der Waals surface area (Å²) < 4.78 is 30.6. The van der Waals surface area contributed by atoms with E-state index >= 15 is 0 Å². The van der Waals surface area contributed by atoms with Crippen LogP contribution in [0.3, 0.4) is 0 Å². The molecule has 0 saturated carbocycles. The van der Waals surface area contributed by atoms with Crippen molar-refractivity contribution < 1.29 is 13.2 Å². The third-order valence-corrected chi connectivity index (χ3v) is 4.93. The molecule has 1 aromatic carbocycles. The summed E-state index contributed by atoms with van der Waals surface area (Å²) in [7, 11) is -1.45. The summed E-state index contributed by atoms with van der Waals surface area (Å²) in [6.07, 6.45) is 1.48. The minimum absolute atomic E-state index is 0.101. The quantitative estimate of drug-likeness (QED) is 0.308. The van der Waals surface area contributed by atoms with Gasteiger partial charge in [0.05, 0.1) is 12.9 Å². The Kier molecular flexibility index (Phi) is 9.94. The van der Waals surface area contributed by atoms with Crippen molar-refractivity contribution in [3.8, 4) is 5.75 Å². The van der Waals surface area contributed by atoms with Crippen LogP contribution in [-0.2, 0) is 16.4 Å². The second-order valence-electron chi connectivity index (χ2n) is 5.40. The van der Waals surface area contributed by atoms with Crippen LogP contribution in [0, 0.1) is 0 Å². The number of nitrogens with zero attached hydrogens (tertiary/aromatic N) is 1. The highest BCUT2D eigenvalue weighted by Gasteiger charge is 2.05. The predicted octanol–water partition coefficient (Wildman–Crippen LogP) is 1.12. The fourth-order valence-corrected chi connectivity index (χ4v) is 2.83. The number of ether oxygens (including phenoxy) is 1. The van der Waals surface area contributed by atoms with Gasteiger partial charge in [-0.3, -0.25) is 4.99 Å². The van der Waals surface area contributed by atoms with Gasteiger partial charge in [0.2, 0.25) is 10.0 Å². The number of sulfonamides is 1. The first-order valence-corrected chi connectivity index (χ1v) is 10.3. The second kappa shape index (κ2) is 11.7. The summed E-state index contributed by atoms with van der Waals surface area (Å²) in [5.41, 5.74) is 1.14. The van der Waals surface area contributed by atoms with E-state index in [1.54, 1.807) is 14.0 Å². The second-order valence-corrected chi connectivity index (χ2v) is 7.50. The lowest BCUT2D eigenvalue weighted by molar-refractivity contribution is 0.409. The molecule has 0 saturated heterocycles. The van der Waals surface area contributed by atoms with Crippen molar-refractivity contribution in [3.05, 3.63) is 29.8 Å². The number of hydrogen-bond acceptors (Lipinski definition) is 4. The van der Waals surface area contributed by atoms with E-state index in [9.17, 15) is 8.42 Å². The lowest BCUT2D eigenvalue weighted by atomic mass is 10.1. The molecule has 8 heteroatoms. The molecule has 0 heterocycles. The minimum atomic E-state index is -3.12. The molecule has 0 aromatic heterocycles. The summed E-state index contributed by atoms with van der Waals surface area (Å²) in [6.45, 7) is 6.08. The number of hydrogen-bond donors (Lipinski definition) is 3. The fraction of sp³-hybridized carbons (Fsp3) is 0.588. The molecular formula is C17H30N4O3S. The van der Waals surface area contributed by atoms with Gasteiger partial charge in [0, 0.05) is 26.2 Å². The molecule has 0 aliphatic heterocycles. The highest BCUT2D eigenvalue weighted by molar-refractivity contribution is 7.89.